The van der Waals surface area contributed by atoms with Crippen LogP contribution in [0.2, 0.25) is 0 Å². The molecule has 0 N–H and O–H groups in total. The van der Waals surface area contributed by atoms with E-state index >= 15 is 0 Å². The molecule has 2 rings (SSSR count). The molecule has 1 aromatic heterocycles. The maximum atomic E-state index is 11.4. The number of hydrogen-bond donors (Lipinski definition) is 0. The Kier molecular flexibility index (Phi) is 5.33. The Morgan fingerprint density at radius 1 is 1.24 bits per heavy atom. The van der Waals surface area contributed by atoms with Crippen molar-refractivity contribution < 1.29 is 14.3 Å². The third-order valence-electron chi connectivity index (χ3n) is 2.88. The van der Waals surface area contributed by atoms with Crippen LogP contribution in [0.15, 0.2) is 24.3 Å². The molecule has 0 radical (unpaired) electrons. The molecule has 0 atom stereocenters. The molecule has 21 heavy (non-hydrogen) atoms. The number of para-hydroxylation sites is 2. The number of nitrogens with zero attached hydrogens (tertiary/aromatic N) is 1. The number of ketones is 1. The molecule has 1 heterocycles. The standard InChI is InChI=1S/C16H19NO3S/c1-4-19-13-7-5-6-8-14(13)20-10-9-15-17-11(2)16(21-15)12(3)18/h5-8H,4,9-10H2,1-3H3. The molecule has 0 saturated heterocycles. The zero-order valence-electron chi connectivity index (χ0n) is 12.5. The van der Waals surface area contributed by atoms with Gasteiger partial charge in [-0.3, -0.25) is 4.79 Å². The number of Topliss-reactive ketones (excluding diaryl/α,β-unsaturated/α-hetero) is 1. The van der Waals surface area contributed by atoms with Gasteiger partial charge in [0.05, 0.1) is 28.8 Å². The predicted molar refractivity (Wildman–Crippen MR) is 83.7 cm³/mol. The second kappa shape index (κ2) is 7.22. The summed E-state index contributed by atoms with van der Waals surface area (Å²) >= 11 is 1.45. The Bertz CT molecular complexity index is 622. The molecule has 0 aliphatic carbocycles. The van der Waals surface area contributed by atoms with Gasteiger partial charge in [0.1, 0.15) is 0 Å². The molecule has 0 saturated carbocycles. The van der Waals surface area contributed by atoms with Gasteiger partial charge in [-0.25, -0.2) is 4.98 Å². The highest BCUT2D eigenvalue weighted by Crippen LogP contribution is 2.26. The lowest BCUT2D eigenvalue weighted by Crippen LogP contribution is -2.03. The van der Waals surface area contributed by atoms with Gasteiger partial charge in [-0.1, -0.05) is 12.1 Å². The normalized spacial score (nSPS) is 10.4. The molecule has 0 aliphatic heterocycles. The lowest BCUT2D eigenvalue weighted by Gasteiger charge is -2.10. The highest BCUT2D eigenvalue weighted by molar-refractivity contribution is 7.13. The number of aromatic nitrogens is 1. The Labute approximate surface area is 128 Å². The van der Waals surface area contributed by atoms with E-state index in [2.05, 4.69) is 4.98 Å². The van der Waals surface area contributed by atoms with Gasteiger partial charge in [0.2, 0.25) is 0 Å². The summed E-state index contributed by atoms with van der Waals surface area (Å²) in [6, 6.07) is 7.61. The van der Waals surface area contributed by atoms with Crippen LogP contribution in [0.1, 0.15) is 34.2 Å². The topological polar surface area (TPSA) is 48.4 Å². The lowest BCUT2D eigenvalue weighted by molar-refractivity contribution is 0.102. The van der Waals surface area contributed by atoms with E-state index < -0.39 is 0 Å². The van der Waals surface area contributed by atoms with E-state index in [0.29, 0.717) is 19.6 Å². The van der Waals surface area contributed by atoms with Gasteiger partial charge in [-0.05, 0) is 26.0 Å². The van der Waals surface area contributed by atoms with E-state index in [1.54, 1.807) is 6.92 Å². The summed E-state index contributed by atoms with van der Waals surface area (Å²) in [6.45, 7) is 6.49. The van der Waals surface area contributed by atoms with Crippen molar-refractivity contribution in [1.82, 2.24) is 4.98 Å². The minimum absolute atomic E-state index is 0.0684. The number of carbonyl (C=O) groups is 1. The molecule has 112 valence electrons. The van der Waals surface area contributed by atoms with Gasteiger partial charge in [0, 0.05) is 13.3 Å². The van der Waals surface area contributed by atoms with E-state index in [4.69, 9.17) is 9.47 Å². The molecule has 0 aliphatic rings. The van der Waals surface area contributed by atoms with E-state index in [9.17, 15) is 4.79 Å². The van der Waals surface area contributed by atoms with Crippen LogP contribution < -0.4 is 9.47 Å². The lowest BCUT2D eigenvalue weighted by atomic mass is 10.3. The Balaban J connectivity index is 1.95. The SMILES string of the molecule is CCOc1ccccc1OCCc1nc(C)c(C(C)=O)s1. The van der Waals surface area contributed by atoms with E-state index in [-0.39, 0.29) is 5.78 Å². The van der Waals surface area contributed by atoms with Crippen LogP contribution >= 0.6 is 11.3 Å². The largest absolute Gasteiger partial charge is 0.490 e. The molecular formula is C16H19NO3S. The minimum atomic E-state index is 0.0684. The summed E-state index contributed by atoms with van der Waals surface area (Å²) < 4.78 is 11.3. The average molecular weight is 305 g/mol. The first-order valence-corrected chi connectivity index (χ1v) is 7.75. The maximum Gasteiger partial charge on any atom is 0.171 e. The van der Waals surface area contributed by atoms with Crippen molar-refractivity contribution in [2.24, 2.45) is 0 Å². The summed E-state index contributed by atoms with van der Waals surface area (Å²) in [7, 11) is 0. The fraction of sp³-hybridized carbons (Fsp3) is 0.375. The monoisotopic (exact) mass is 305 g/mol. The summed E-state index contributed by atoms with van der Waals surface area (Å²) in [5.74, 6) is 1.55. The maximum absolute atomic E-state index is 11.4. The van der Waals surface area contributed by atoms with Crippen LogP contribution in [0.3, 0.4) is 0 Å². The number of carbonyl (C=O) groups excluding carboxylic acids is 1. The van der Waals surface area contributed by atoms with E-state index in [1.165, 1.54) is 11.3 Å². The van der Waals surface area contributed by atoms with Crippen molar-refractivity contribution in [3.05, 3.63) is 39.8 Å². The molecule has 5 heteroatoms. The van der Waals surface area contributed by atoms with Gasteiger partial charge in [-0.15, -0.1) is 11.3 Å². The third kappa shape index (κ3) is 4.04. The zero-order valence-corrected chi connectivity index (χ0v) is 13.3. The third-order valence-corrected chi connectivity index (χ3v) is 4.20. The molecular weight excluding hydrogens is 286 g/mol. The van der Waals surface area contributed by atoms with Gasteiger partial charge < -0.3 is 9.47 Å². The molecule has 0 unspecified atom stereocenters. The number of aryl methyl sites for hydroxylation is 1. The molecule has 0 bridgehead atoms. The quantitative estimate of drug-likeness (QED) is 0.732. The summed E-state index contributed by atoms with van der Waals surface area (Å²) in [5, 5.41) is 0.923. The van der Waals surface area contributed by atoms with Crippen molar-refractivity contribution in [3.63, 3.8) is 0 Å². The van der Waals surface area contributed by atoms with Gasteiger partial charge in [0.15, 0.2) is 17.3 Å². The average Bonchev–Trinajstić information content (AvgIpc) is 2.82. The first-order valence-electron chi connectivity index (χ1n) is 6.93. The second-order valence-corrected chi connectivity index (χ2v) is 5.64. The van der Waals surface area contributed by atoms with Crippen molar-refractivity contribution >= 4 is 17.1 Å². The Morgan fingerprint density at radius 3 is 2.48 bits per heavy atom. The molecule has 0 spiro atoms. The minimum Gasteiger partial charge on any atom is -0.490 e. The van der Waals surface area contributed by atoms with Crippen LogP contribution in [0, 0.1) is 6.92 Å². The number of ether oxygens (including phenoxy) is 2. The number of hydrogen-bond acceptors (Lipinski definition) is 5. The second-order valence-electron chi connectivity index (χ2n) is 4.56. The predicted octanol–water partition coefficient (Wildman–Crippen LogP) is 3.67. The van der Waals surface area contributed by atoms with Gasteiger partial charge >= 0.3 is 0 Å². The van der Waals surface area contributed by atoms with Gasteiger partial charge in [-0.2, -0.15) is 0 Å². The number of rotatable bonds is 7. The number of benzene rings is 1. The number of thiazole rings is 1. The van der Waals surface area contributed by atoms with Crippen LogP contribution in [-0.2, 0) is 6.42 Å². The van der Waals surface area contributed by atoms with Crippen LogP contribution in [0.5, 0.6) is 11.5 Å². The highest BCUT2D eigenvalue weighted by Gasteiger charge is 2.11. The van der Waals surface area contributed by atoms with E-state index in [1.807, 2.05) is 38.1 Å². The smallest absolute Gasteiger partial charge is 0.171 e. The molecule has 4 nitrogen and oxygen atoms in total. The van der Waals surface area contributed by atoms with Crippen LogP contribution in [0.25, 0.3) is 0 Å². The van der Waals surface area contributed by atoms with Crippen LogP contribution in [-0.4, -0.2) is 24.0 Å². The first-order chi connectivity index (χ1) is 10.1. The Hall–Kier alpha value is -1.88. The Morgan fingerprint density at radius 2 is 1.90 bits per heavy atom. The molecule has 0 amide bonds. The fourth-order valence-electron chi connectivity index (χ4n) is 1.98. The summed E-state index contributed by atoms with van der Waals surface area (Å²) in [6.07, 6.45) is 0.680. The fourth-order valence-corrected chi connectivity index (χ4v) is 2.92. The molecule has 2 aromatic rings. The van der Waals surface area contributed by atoms with Crippen molar-refractivity contribution in [2.45, 2.75) is 27.2 Å². The van der Waals surface area contributed by atoms with Crippen molar-refractivity contribution in [1.29, 1.82) is 0 Å². The van der Waals surface area contributed by atoms with Crippen LogP contribution in [0.4, 0.5) is 0 Å². The van der Waals surface area contributed by atoms with Crippen molar-refractivity contribution in [3.8, 4) is 11.5 Å². The zero-order chi connectivity index (χ0) is 15.2. The summed E-state index contributed by atoms with van der Waals surface area (Å²) in [4.78, 5) is 16.6. The van der Waals surface area contributed by atoms with Crippen molar-refractivity contribution in [2.75, 3.05) is 13.2 Å². The summed E-state index contributed by atoms with van der Waals surface area (Å²) in [5.41, 5.74) is 0.803. The molecule has 0 fully saturated rings. The van der Waals surface area contributed by atoms with E-state index in [0.717, 1.165) is 27.1 Å². The molecule has 1 aromatic carbocycles. The first kappa shape index (κ1) is 15.5. The van der Waals surface area contributed by atoms with Gasteiger partial charge in [0.25, 0.3) is 0 Å². The highest BCUT2D eigenvalue weighted by atomic mass is 32.1.